The van der Waals surface area contributed by atoms with E-state index in [0.717, 1.165) is 0 Å². The topological polar surface area (TPSA) is 64.3 Å². The SMILES string of the molecule is CC(C)(C)OCC(=O)Nc1cc(C(N)=S)ccc1Cl. The number of hydrogen-bond donors (Lipinski definition) is 2. The smallest absolute Gasteiger partial charge is 0.250 e. The molecule has 1 amide bonds. The molecular formula is C13H17ClN2O2S. The monoisotopic (exact) mass is 300 g/mol. The van der Waals surface area contributed by atoms with E-state index in [1.807, 2.05) is 20.8 Å². The molecule has 4 nitrogen and oxygen atoms in total. The van der Waals surface area contributed by atoms with Crippen LogP contribution in [-0.4, -0.2) is 23.1 Å². The predicted octanol–water partition coefficient (Wildman–Crippen LogP) is 2.73. The van der Waals surface area contributed by atoms with Crippen LogP contribution in [0.3, 0.4) is 0 Å². The van der Waals surface area contributed by atoms with Crippen LogP contribution in [0.5, 0.6) is 0 Å². The van der Waals surface area contributed by atoms with Crippen LogP contribution >= 0.6 is 23.8 Å². The molecular weight excluding hydrogens is 284 g/mol. The third-order valence-electron chi connectivity index (χ3n) is 2.16. The molecule has 0 radical (unpaired) electrons. The van der Waals surface area contributed by atoms with Crippen LogP contribution in [0.2, 0.25) is 5.02 Å². The highest BCUT2D eigenvalue weighted by molar-refractivity contribution is 7.80. The van der Waals surface area contributed by atoms with Crippen molar-refractivity contribution in [2.24, 2.45) is 5.73 Å². The molecule has 0 aliphatic carbocycles. The van der Waals surface area contributed by atoms with Crippen molar-refractivity contribution >= 4 is 40.4 Å². The number of thiocarbonyl (C=S) groups is 1. The summed E-state index contributed by atoms with van der Waals surface area (Å²) in [7, 11) is 0. The van der Waals surface area contributed by atoms with E-state index in [-0.39, 0.29) is 23.1 Å². The summed E-state index contributed by atoms with van der Waals surface area (Å²) >= 11 is 10.9. The predicted molar refractivity (Wildman–Crippen MR) is 81.7 cm³/mol. The van der Waals surface area contributed by atoms with Crippen LogP contribution in [0.25, 0.3) is 0 Å². The number of nitrogens with two attached hydrogens (primary N) is 1. The first-order valence-electron chi connectivity index (χ1n) is 5.72. The number of ether oxygens (including phenoxy) is 1. The lowest BCUT2D eigenvalue weighted by Gasteiger charge is -2.19. The number of rotatable bonds is 4. The van der Waals surface area contributed by atoms with Gasteiger partial charge in [0.15, 0.2) is 0 Å². The first-order valence-corrected chi connectivity index (χ1v) is 6.51. The van der Waals surface area contributed by atoms with Gasteiger partial charge in [-0.15, -0.1) is 0 Å². The fourth-order valence-corrected chi connectivity index (χ4v) is 1.53. The van der Waals surface area contributed by atoms with Gasteiger partial charge in [-0.25, -0.2) is 0 Å². The maximum absolute atomic E-state index is 11.7. The van der Waals surface area contributed by atoms with E-state index in [1.165, 1.54) is 0 Å². The van der Waals surface area contributed by atoms with Crippen molar-refractivity contribution in [3.63, 3.8) is 0 Å². The van der Waals surface area contributed by atoms with Crippen molar-refractivity contribution in [1.29, 1.82) is 0 Å². The largest absolute Gasteiger partial charge is 0.389 e. The first kappa shape index (κ1) is 15.9. The van der Waals surface area contributed by atoms with Gasteiger partial charge in [0, 0.05) is 5.56 Å². The highest BCUT2D eigenvalue weighted by Gasteiger charge is 2.14. The average Bonchev–Trinajstić information content (AvgIpc) is 2.28. The van der Waals surface area contributed by atoms with E-state index in [2.05, 4.69) is 5.32 Å². The minimum Gasteiger partial charge on any atom is -0.389 e. The van der Waals surface area contributed by atoms with Crippen LogP contribution in [-0.2, 0) is 9.53 Å². The zero-order valence-corrected chi connectivity index (χ0v) is 12.7. The van der Waals surface area contributed by atoms with Gasteiger partial charge in [0.2, 0.25) is 5.91 Å². The second-order valence-electron chi connectivity index (χ2n) is 5.01. The molecule has 0 heterocycles. The number of amides is 1. The van der Waals surface area contributed by atoms with Crippen molar-refractivity contribution in [3.8, 4) is 0 Å². The number of nitrogens with one attached hydrogen (secondary N) is 1. The highest BCUT2D eigenvalue weighted by Crippen LogP contribution is 2.23. The molecule has 1 aromatic rings. The van der Waals surface area contributed by atoms with E-state index in [0.29, 0.717) is 16.3 Å². The summed E-state index contributed by atoms with van der Waals surface area (Å²) in [5.74, 6) is -0.281. The number of halogens is 1. The van der Waals surface area contributed by atoms with Gasteiger partial charge in [-0.2, -0.15) is 0 Å². The third kappa shape index (κ3) is 5.55. The fourth-order valence-electron chi connectivity index (χ4n) is 1.24. The zero-order chi connectivity index (χ0) is 14.6. The van der Waals surface area contributed by atoms with E-state index < -0.39 is 0 Å². The lowest BCUT2D eigenvalue weighted by Crippen LogP contribution is -2.27. The standard InChI is InChI=1S/C13H17ClN2O2S/c1-13(2,3)18-7-11(17)16-10-6-8(12(15)19)4-5-9(10)14/h4-6H,7H2,1-3H3,(H2,15,19)(H,16,17). The van der Waals surface area contributed by atoms with Gasteiger partial charge in [-0.05, 0) is 32.9 Å². The minimum absolute atomic E-state index is 0.0445. The first-order chi connectivity index (χ1) is 8.69. The molecule has 0 fully saturated rings. The molecule has 3 N–H and O–H groups in total. The number of carbonyl (C=O) groups is 1. The van der Waals surface area contributed by atoms with Gasteiger partial charge in [0.05, 0.1) is 16.3 Å². The average molecular weight is 301 g/mol. The lowest BCUT2D eigenvalue weighted by molar-refractivity contribution is -0.125. The third-order valence-corrected chi connectivity index (χ3v) is 2.73. The van der Waals surface area contributed by atoms with Crippen molar-refractivity contribution in [2.75, 3.05) is 11.9 Å². The maximum atomic E-state index is 11.7. The number of benzene rings is 1. The highest BCUT2D eigenvalue weighted by atomic mass is 35.5. The summed E-state index contributed by atoms with van der Waals surface area (Å²) in [6.45, 7) is 5.58. The fraction of sp³-hybridized carbons (Fsp3) is 0.385. The van der Waals surface area contributed by atoms with Crippen LogP contribution in [0.15, 0.2) is 18.2 Å². The molecule has 19 heavy (non-hydrogen) atoms. The Hall–Kier alpha value is -1.17. The van der Waals surface area contributed by atoms with Gasteiger partial charge in [-0.1, -0.05) is 29.9 Å². The Morgan fingerprint density at radius 3 is 2.63 bits per heavy atom. The molecule has 0 bridgehead atoms. The Labute approximate surface area is 123 Å². The zero-order valence-electron chi connectivity index (χ0n) is 11.1. The molecule has 0 unspecified atom stereocenters. The summed E-state index contributed by atoms with van der Waals surface area (Å²) in [5, 5.41) is 3.09. The number of hydrogen-bond acceptors (Lipinski definition) is 3. The molecule has 0 saturated carbocycles. The second kappa shape index (κ2) is 6.32. The Kier molecular flexibility index (Phi) is 5.29. The van der Waals surface area contributed by atoms with E-state index in [4.69, 9.17) is 34.3 Å². The van der Waals surface area contributed by atoms with E-state index in [9.17, 15) is 4.79 Å². The normalized spacial score (nSPS) is 11.2. The molecule has 1 rings (SSSR count). The van der Waals surface area contributed by atoms with Gasteiger partial charge < -0.3 is 15.8 Å². The number of carbonyl (C=O) groups excluding carboxylic acids is 1. The van der Waals surface area contributed by atoms with Crippen LogP contribution < -0.4 is 11.1 Å². The van der Waals surface area contributed by atoms with E-state index in [1.54, 1.807) is 18.2 Å². The molecule has 104 valence electrons. The molecule has 0 aliphatic rings. The van der Waals surface area contributed by atoms with Crippen molar-refractivity contribution in [3.05, 3.63) is 28.8 Å². The van der Waals surface area contributed by atoms with Crippen molar-refractivity contribution in [2.45, 2.75) is 26.4 Å². The molecule has 6 heteroatoms. The molecule has 0 saturated heterocycles. The lowest BCUT2D eigenvalue weighted by atomic mass is 10.2. The molecule has 0 spiro atoms. The summed E-state index contributed by atoms with van der Waals surface area (Å²) in [5.41, 5.74) is 6.27. The molecule has 0 aliphatic heterocycles. The Morgan fingerprint density at radius 1 is 1.47 bits per heavy atom. The summed E-state index contributed by atoms with van der Waals surface area (Å²) < 4.78 is 5.38. The van der Waals surface area contributed by atoms with E-state index >= 15 is 0 Å². The Morgan fingerprint density at radius 2 is 2.11 bits per heavy atom. The number of anilines is 1. The van der Waals surface area contributed by atoms with Gasteiger partial charge >= 0.3 is 0 Å². The van der Waals surface area contributed by atoms with Gasteiger partial charge in [-0.3, -0.25) is 4.79 Å². The second-order valence-corrected chi connectivity index (χ2v) is 5.86. The minimum atomic E-state index is -0.373. The van der Waals surface area contributed by atoms with Crippen molar-refractivity contribution in [1.82, 2.24) is 0 Å². The van der Waals surface area contributed by atoms with Crippen LogP contribution in [0.4, 0.5) is 5.69 Å². The maximum Gasteiger partial charge on any atom is 0.250 e. The Bertz CT molecular complexity index is 498. The summed E-state index contributed by atoms with van der Waals surface area (Å²) in [4.78, 5) is 12.0. The van der Waals surface area contributed by atoms with Crippen LogP contribution in [0.1, 0.15) is 26.3 Å². The van der Waals surface area contributed by atoms with Gasteiger partial charge in [0.25, 0.3) is 0 Å². The van der Waals surface area contributed by atoms with Crippen molar-refractivity contribution < 1.29 is 9.53 Å². The summed E-state index contributed by atoms with van der Waals surface area (Å²) in [6.07, 6.45) is 0. The Balaban J connectivity index is 2.73. The molecule has 0 aromatic heterocycles. The quantitative estimate of drug-likeness (QED) is 0.839. The molecule has 0 atom stereocenters. The van der Waals surface area contributed by atoms with Gasteiger partial charge in [0.1, 0.15) is 11.6 Å². The van der Waals surface area contributed by atoms with Crippen LogP contribution in [0, 0.1) is 0 Å². The molecule has 1 aromatic carbocycles. The summed E-state index contributed by atoms with van der Waals surface area (Å²) in [6, 6.07) is 4.97.